The maximum Gasteiger partial charge on any atom is 0.319 e. The summed E-state index contributed by atoms with van der Waals surface area (Å²) in [7, 11) is 1.78. The Kier molecular flexibility index (Phi) is 4.63. The summed E-state index contributed by atoms with van der Waals surface area (Å²) in [5.41, 5.74) is 0. The predicted octanol–water partition coefficient (Wildman–Crippen LogP) is 1.01. The van der Waals surface area contributed by atoms with Crippen molar-refractivity contribution < 1.29 is 19.4 Å². The predicted molar refractivity (Wildman–Crippen MR) is 68.9 cm³/mol. The Hall–Kier alpha value is -1.30. The topological polar surface area (TPSA) is 70.1 Å². The molecule has 2 rings (SSSR count). The van der Waals surface area contributed by atoms with Crippen LogP contribution in [0.25, 0.3) is 0 Å². The zero-order chi connectivity index (χ0) is 13.8. The van der Waals surface area contributed by atoms with Crippen molar-refractivity contribution in [3.63, 3.8) is 0 Å². The van der Waals surface area contributed by atoms with Crippen LogP contribution in [0.3, 0.4) is 0 Å². The lowest BCUT2D eigenvalue weighted by Gasteiger charge is -2.41. The van der Waals surface area contributed by atoms with Crippen molar-refractivity contribution in [2.24, 2.45) is 5.92 Å². The number of likely N-dealkylation sites (N-methyl/N-ethyl adjacent to an activating group) is 1. The molecule has 2 saturated heterocycles. The molecule has 2 aliphatic rings. The second kappa shape index (κ2) is 6.23. The van der Waals surface area contributed by atoms with E-state index in [1.54, 1.807) is 16.8 Å². The molecule has 2 amide bonds. The Labute approximate surface area is 113 Å². The molecule has 6 heteroatoms. The van der Waals surface area contributed by atoms with Gasteiger partial charge in [-0.2, -0.15) is 0 Å². The quantitative estimate of drug-likeness (QED) is 0.828. The SMILES string of the molecule is CN(CC1CCCCO1)C(=O)N1CC(CC(=O)O)C1. The molecule has 1 N–H and O–H groups in total. The maximum atomic E-state index is 12.1. The van der Waals surface area contributed by atoms with Gasteiger partial charge >= 0.3 is 12.0 Å². The zero-order valence-corrected chi connectivity index (χ0v) is 11.4. The van der Waals surface area contributed by atoms with Crippen LogP contribution < -0.4 is 0 Å². The second-order valence-electron chi connectivity index (χ2n) is 5.52. The summed E-state index contributed by atoms with van der Waals surface area (Å²) in [6.07, 6.45) is 3.59. The van der Waals surface area contributed by atoms with Gasteiger partial charge in [0.2, 0.25) is 0 Å². The number of ether oxygens (including phenoxy) is 1. The minimum Gasteiger partial charge on any atom is -0.481 e. The molecule has 0 saturated carbocycles. The number of carboxylic acid groups (broad SMARTS) is 1. The van der Waals surface area contributed by atoms with Crippen LogP contribution in [0, 0.1) is 5.92 Å². The van der Waals surface area contributed by atoms with E-state index in [0.29, 0.717) is 19.6 Å². The zero-order valence-electron chi connectivity index (χ0n) is 11.4. The molecule has 0 aromatic carbocycles. The van der Waals surface area contributed by atoms with Gasteiger partial charge in [-0.05, 0) is 19.3 Å². The average molecular weight is 270 g/mol. The first-order valence-electron chi connectivity index (χ1n) is 6.89. The first-order chi connectivity index (χ1) is 9.06. The molecular weight excluding hydrogens is 248 g/mol. The van der Waals surface area contributed by atoms with E-state index in [4.69, 9.17) is 9.84 Å². The van der Waals surface area contributed by atoms with Gasteiger partial charge in [0.05, 0.1) is 12.5 Å². The minimum atomic E-state index is -0.791. The van der Waals surface area contributed by atoms with Crippen LogP contribution in [0.4, 0.5) is 4.79 Å². The van der Waals surface area contributed by atoms with Crippen LogP contribution in [0.5, 0.6) is 0 Å². The third-order valence-electron chi connectivity index (χ3n) is 3.77. The highest BCUT2D eigenvalue weighted by atomic mass is 16.5. The van der Waals surface area contributed by atoms with Crippen molar-refractivity contribution in [3.05, 3.63) is 0 Å². The van der Waals surface area contributed by atoms with Crippen molar-refractivity contribution in [1.29, 1.82) is 0 Å². The van der Waals surface area contributed by atoms with Crippen LogP contribution in [-0.2, 0) is 9.53 Å². The van der Waals surface area contributed by atoms with Crippen LogP contribution in [0.1, 0.15) is 25.7 Å². The number of hydrogen-bond donors (Lipinski definition) is 1. The van der Waals surface area contributed by atoms with Crippen molar-refractivity contribution >= 4 is 12.0 Å². The molecule has 1 unspecified atom stereocenters. The Morgan fingerprint density at radius 2 is 2.11 bits per heavy atom. The van der Waals surface area contributed by atoms with Gasteiger partial charge in [-0.25, -0.2) is 4.79 Å². The van der Waals surface area contributed by atoms with Gasteiger partial charge in [0, 0.05) is 39.2 Å². The van der Waals surface area contributed by atoms with E-state index < -0.39 is 5.97 Å². The summed E-state index contributed by atoms with van der Waals surface area (Å²) >= 11 is 0. The van der Waals surface area contributed by atoms with E-state index >= 15 is 0 Å². The number of hydrogen-bond acceptors (Lipinski definition) is 3. The lowest BCUT2D eigenvalue weighted by molar-refractivity contribution is -0.139. The Morgan fingerprint density at radius 3 is 2.68 bits per heavy atom. The smallest absolute Gasteiger partial charge is 0.319 e. The number of carbonyl (C=O) groups is 2. The molecule has 1 atom stereocenters. The molecule has 2 fully saturated rings. The van der Waals surface area contributed by atoms with E-state index in [1.807, 2.05) is 0 Å². The van der Waals surface area contributed by atoms with Gasteiger partial charge in [0.25, 0.3) is 0 Å². The highest BCUT2D eigenvalue weighted by Crippen LogP contribution is 2.21. The van der Waals surface area contributed by atoms with E-state index in [1.165, 1.54) is 0 Å². The van der Waals surface area contributed by atoms with Gasteiger partial charge in [-0.15, -0.1) is 0 Å². The number of amides is 2. The lowest BCUT2D eigenvalue weighted by Crippen LogP contribution is -2.55. The first kappa shape index (κ1) is 14.1. The van der Waals surface area contributed by atoms with Gasteiger partial charge < -0.3 is 19.6 Å². The fraction of sp³-hybridized carbons (Fsp3) is 0.846. The van der Waals surface area contributed by atoms with Crippen molar-refractivity contribution in [3.8, 4) is 0 Å². The molecule has 0 aromatic rings. The van der Waals surface area contributed by atoms with E-state index in [0.717, 1.165) is 25.9 Å². The third kappa shape index (κ3) is 3.83. The summed E-state index contributed by atoms with van der Waals surface area (Å²) in [6, 6.07) is -0.0178. The van der Waals surface area contributed by atoms with Crippen molar-refractivity contribution in [2.75, 3.05) is 33.3 Å². The third-order valence-corrected chi connectivity index (χ3v) is 3.77. The molecule has 0 spiro atoms. The van der Waals surface area contributed by atoms with Gasteiger partial charge in [-0.1, -0.05) is 0 Å². The van der Waals surface area contributed by atoms with Gasteiger partial charge in [0.15, 0.2) is 0 Å². The molecule has 0 radical (unpaired) electrons. The molecular formula is C13H22N2O4. The Balaban J connectivity index is 1.70. The standard InChI is InChI=1S/C13H22N2O4/c1-14(9-11-4-2-3-5-19-11)13(18)15-7-10(8-15)6-12(16)17/h10-11H,2-9H2,1H3,(H,16,17). The van der Waals surface area contributed by atoms with E-state index in [9.17, 15) is 9.59 Å². The highest BCUT2D eigenvalue weighted by Gasteiger charge is 2.34. The number of carboxylic acids is 1. The summed E-state index contributed by atoms with van der Waals surface area (Å²) in [5.74, 6) is -0.679. The monoisotopic (exact) mass is 270 g/mol. The Morgan fingerprint density at radius 1 is 1.37 bits per heavy atom. The number of aliphatic carboxylic acids is 1. The van der Waals surface area contributed by atoms with Gasteiger partial charge in [-0.3, -0.25) is 4.79 Å². The molecule has 19 heavy (non-hydrogen) atoms. The number of urea groups is 1. The molecule has 0 bridgehead atoms. The number of carbonyl (C=O) groups excluding carboxylic acids is 1. The fourth-order valence-electron chi connectivity index (χ4n) is 2.68. The number of nitrogens with zero attached hydrogens (tertiary/aromatic N) is 2. The van der Waals surface area contributed by atoms with Gasteiger partial charge in [0.1, 0.15) is 0 Å². The van der Waals surface area contributed by atoms with E-state index in [2.05, 4.69) is 0 Å². The lowest BCUT2D eigenvalue weighted by atomic mass is 9.97. The van der Waals surface area contributed by atoms with Crippen LogP contribution in [0.15, 0.2) is 0 Å². The first-order valence-corrected chi connectivity index (χ1v) is 6.89. The number of likely N-dealkylation sites (tertiary alicyclic amines) is 1. The highest BCUT2D eigenvalue weighted by molar-refractivity contribution is 5.75. The minimum absolute atomic E-state index is 0.0178. The molecule has 0 aromatic heterocycles. The maximum absolute atomic E-state index is 12.1. The summed E-state index contributed by atoms with van der Waals surface area (Å²) in [6.45, 7) is 2.53. The normalized spacial score (nSPS) is 23.8. The molecule has 2 heterocycles. The molecule has 6 nitrogen and oxygen atoms in total. The average Bonchev–Trinajstić information content (AvgIpc) is 2.33. The van der Waals surface area contributed by atoms with Crippen molar-refractivity contribution in [1.82, 2.24) is 9.80 Å². The summed E-state index contributed by atoms with van der Waals surface area (Å²) in [5, 5.41) is 8.67. The fourth-order valence-corrected chi connectivity index (χ4v) is 2.68. The molecule has 0 aliphatic carbocycles. The van der Waals surface area contributed by atoms with E-state index in [-0.39, 0.29) is 24.5 Å². The number of rotatable bonds is 4. The summed E-state index contributed by atoms with van der Waals surface area (Å²) in [4.78, 5) is 26.0. The Bertz CT molecular complexity index is 336. The largest absolute Gasteiger partial charge is 0.481 e. The van der Waals surface area contributed by atoms with Crippen LogP contribution in [0.2, 0.25) is 0 Å². The second-order valence-corrected chi connectivity index (χ2v) is 5.52. The molecule has 108 valence electrons. The van der Waals surface area contributed by atoms with Crippen molar-refractivity contribution in [2.45, 2.75) is 31.8 Å². The van der Waals surface area contributed by atoms with Crippen LogP contribution in [-0.4, -0.2) is 66.3 Å². The van der Waals surface area contributed by atoms with Crippen LogP contribution >= 0.6 is 0 Å². The molecule has 2 aliphatic heterocycles. The summed E-state index contributed by atoms with van der Waals surface area (Å²) < 4.78 is 5.61.